The van der Waals surface area contributed by atoms with E-state index in [-0.39, 0.29) is 47.7 Å². The zero-order valence-electron chi connectivity index (χ0n) is 49.2. The Morgan fingerprint density at radius 1 is 0.851 bits per heavy atom. The lowest BCUT2D eigenvalue weighted by atomic mass is 9.72. The molecule has 1 aliphatic carbocycles. The van der Waals surface area contributed by atoms with Gasteiger partial charge in [-0.05, 0) is 147 Å². The molecule has 9 rings (SSSR count). The number of unbranched alkanes of at least 4 members (excludes halogenated alkanes) is 1. The molecule has 5 aromatic carbocycles. The number of fused-ring (bicyclic) bond motifs is 3. The van der Waals surface area contributed by atoms with E-state index in [4.69, 9.17) is 25.8 Å². The number of thioether (sulfide) groups is 1. The van der Waals surface area contributed by atoms with Crippen molar-refractivity contribution < 1.29 is 58.6 Å². The number of sulfone groups is 1. The molecular weight excluding hydrogens is 1200 g/mol. The van der Waals surface area contributed by atoms with Crippen molar-refractivity contribution in [2.24, 2.45) is 10.8 Å². The highest BCUT2D eigenvalue weighted by molar-refractivity contribution is 7.99. The smallest absolute Gasteiger partial charge is 0.489 e. The average molecular weight is 1280 g/mol. The Morgan fingerprint density at radius 3 is 2.29 bits per heavy atom. The van der Waals surface area contributed by atoms with Crippen LogP contribution in [-0.4, -0.2) is 140 Å². The summed E-state index contributed by atoms with van der Waals surface area (Å²) in [5, 5.41) is 6.78. The van der Waals surface area contributed by atoms with E-state index in [1.54, 1.807) is 6.07 Å². The number of alkyl halides is 3. The van der Waals surface area contributed by atoms with Gasteiger partial charge in [-0.1, -0.05) is 91.7 Å². The van der Waals surface area contributed by atoms with Crippen LogP contribution in [0.5, 0.6) is 5.75 Å². The van der Waals surface area contributed by atoms with Gasteiger partial charge in [-0.2, -0.15) is 13.2 Å². The molecule has 0 unspecified atom stereocenters. The first-order valence-corrected chi connectivity index (χ1v) is 33.7. The highest BCUT2D eigenvalue weighted by Gasteiger charge is 2.49. The van der Waals surface area contributed by atoms with Crippen molar-refractivity contribution in [2.75, 3.05) is 88.7 Å². The van der Waals surface area contributed by atoms with Crippen molar-refractivity contribution >= 4 is 78.0 Å². The highest BCUT2D eigenvalue weighted by Crippen LogP contribution is 2.44. The summed E-state index contributed by atoms with van der Waals surface area (Å²) >= 11 is 7.64. The maximum Gasteiger partial charge on any atom is 0.501 e. The van der Waals surface area contributed by atoms with E-state index in [1.807, 2.05) is 77.5 Å². The minimum atomic E-state index is -6.19. The number of piperidine rings is 1. The first-order chi connectivity index (χ1) is 41.5. The van der Waals surface area contributed by atoms with E-state index in [2.05, 4.69) is 51.3 Å². The summed E-state index contributed by atoms with van der Waals surface area (Å²) in [6, 6.07) is 33.1. The largest absolute Gasteiger partial charge is 0.501 e. The molecule has 0 spiro atoms. The highest BCUT2D eigenvalue weighted by atomic mass is 35.5. The number of ether oxygens (including phenoxy) is 3. The zero-order chi connectivity index (χ0) is 62.0. The molecule has 5 aromatic rings. The van der Waals surface area contributed by atoms with E-state index in [1.165, 1.54) is 47.7 Å². The second kappa shape index (κ2) is 28.6. The maximum atomic E-state index is 14.6. The van der Waals surface area contributed by atoms with E-state index < -0.39 is 58.2 Å². The van der Waals surface area contributed by atoms with Gasteiger partial charge < -0.3 is 34.6 Å². The predicted molar refractivity (Wildman–Crippen MR) is 332 cm³/mol. The SMILES string of the molecule is COC(=O)CCCCNC(=O)C1(COCc2ccccc2)CCN(CC[C@H](CSc2ccccc2)Nc2ccc(S(=O)(=O)NC(=O)c3ccc4c(c3)OC[C@@H]3CN(CC5=C(c6ccc(Cl)cc6)CCC(C)(C)C5)CCN43)cc2S(=O)(=O)C(F)(F)F)CC1. The molecule has 3 heterocycles. The molecule has 0 bridgehead atoms. The number of hydrogen-bond acceptors (Lipinski definition) is 15. The number of methoxy groups -OCH3 is 1. The number of carbonyl (C=O) groups excluding carboxylic acids is 3. The van der Waals surface area contributed by atoms with Crippen LogP contribution in [0.15, 0.2) is 142 Å². The Balaban J connectivity index is 0.868. The van der Waals surface area contributed by atoms with Crippen molar-refractivity contribution in [3.05, 3.63) is 149 Å². The van der Waals surface area contributed by atoms with E-state index in [0.29, 0.717) is 94.9 Å². The van der Waals surface area contributed by atoms with Gasteiger partial charge in [0.1, 0.15) is 17.3 Å². The third kappa shape index (κ3) is 16.8. The number of piperazine rings is 1. The van der Waals surface area contributed by atoms with Crippen LogP contribution in [0.3, 0.4) is 0 Å². The number of benzene rings is 5. The van der Waals surface area contributed by atoms with Crippen LogP contribution in [0.25, 0.3) is 5.57 Å². The molecule has 87 heavy (non-hydrogen) atoms. The standard InChI is InChI=1S/C64H76ClF3N6O10S3/c1-62(2)27-25-54(46-17-20-49(65)21-18-46)48(38-62)39-73-34-35-74-51(40-73)42-84-57-36-47(19-24-56(57)74)60(76)71-87(80,81)53-22-23-55(58(37-53)86(78,79)64(66,67)68)70-50(43-85-52-14-8-5-9-15-52)26-31-72-32-28-63(29-33-72,44-83-41-45-12-6-4-7-13-45)61(77)69-30-11-10-16-59(75)82-3/h4-9,12-15,17-24,36-37,50-51,70H,10-11,16,25-35,38-44H2,1-3H3,(H,69,77)(H,71,76)/t50-,51+/m1/s1. The molecule has 3 aliphatic heterocycles. The first kappa shape index (κ1) is 65.3. The molecule has 2 atom stereocenters. The molecule has 0 saturated carbocycles. The lowest BCUT2D eigenvalue weighted by Crippen LogP contribution is -2.57. The first-order valence-electron chi connectivity index (χ1n) is 29.4. The lowest BCUT2D eigenvalue weighted by molar-refractivity contribution is -0.140. The Bertz CT molecular complexity index is 3480. The minimum absolute atomic E-state index is 0.00235. The van der Waals surface area contributed by atoms with Gasteiger partial charge in [0.15, 0.2) is 0 Å². The lowest BCUT2D eigenvalue weighted by Gasteiger charge is -2.46. The minimum Gasteiger partial charge on any atom is -0.489 e. The van der Waals surface area contributed by atoms with Crippen LogP contribution < -0.4 is 25.0 Å². The number of halogens is 4. The van der Waals surface area contributed by atoms with Gasteiger partial charge in [0.25, 0.3) is 25.8 Å². The second-order valence-electron chi connectivity index (χ2n) is 23.7. The number of hydrogen-bond donors (Lipinski definition) is 3. The summed E-state index contributed by atoms with van der Waals surface area (Å²) in [5.74, 6) is -0.961. The Hall–Kier alpha value is -6.14. The molecule has 0 aromatic heterocycles. The van der Waals surface area contributed by atoms with Gasteiger partial charge in [0.05, 0.1) is 48.1 Å². The van der Waals surface area contributed by atoms with Crippen LogP contribution in [0, 0.1) is 10.8 Å². The van der Waals surface area contributed by atoms with Crippen molar-refractivity contribution in [2.45, 2.75) is 111 Å². The summed E-state index contributed by atoms with van der Waals surface area (Å²) in [7, 11) is -9.84. The quantitative estimate of drug-likeness (QED) is 0.0284. The number of nitrogens with zero attached hydrogens (tertiary/aromatic N) is 3. The van der Waals surface area contributed by atoms with Crippen LogP contribution in [0.1, 0.15) is 93.1 Å². The van der Waals surface area contributed by atoms with Gasteiger partial charge in [-0.3, -0.25) is 19.3 Å². The summed E-state index contributed by atoms with van der Waals surface area (Å²) in [4.78, 5) is 44.9. The van der Waals surface area contributed by atoms with Gasteiger partial charge in [-0.25, -0.2) is 21.6 Å². The summed E-state index contributed by atoms with van der Waals surface area (Å²) in [6.45, 7) is 10.1. The topological polar surface area (TPSA) is 193 Å². The summed E-state index contributed by atoms with van der Waals surface area (Å²) in [6.07, 6.45) is 5.56. The van der Waals surface area contributed by atoms with Crippen LogP contribution in [0.2, 0.25) is 5.02 Å². The molecule has 468 valence electrons. The molecule has 2 amide bonds. The van der Waals surface area contributed by atoms with Crippen molar-refractivity contribution in [3.63, 3.8) is 0 Å². The fraction of sp³-hybridized carbons (Fsp3) is 0.453. The number of rotatable bonds is 25. The molecule has 4 aliphatic rings. The number of nitrogens with one attached hydrogen (secondary N) is 3. The van der Waals surface area contributed by atoms with Gasteiger partial charge >= 0.3 is 11.5 Å². The monoisotopic (exact) mass is 1280 g/mol. The van der Waals surface area contributed by atoms with Gasteiger partial charge in [-0.15, -0.1) is 11.8 Å². The third-order valence-corrected chi connectivity index (χ3v) is 21.1. The van der Waals surface area contributed by atoms with Gasteiger partial charge in [0.2, 0.25) is 5.91 Å². The van der Waals surface area contributed by atoms with E-state index in [9.17, 15) is 44.4 Å². The number of carbonyl (C=O) groups is 3. The Labute approximate surface area is 517 Å². The predicted octanol–water partition coefficient (Wildman–Crippen LogP) is 11.0. The van der Waals surface area contributed by atoms with Gasteiger partial charge in [0, 0.05) is 73.0 Å². The maximum absolute atomic E-state index is 14.6. The number of esters is 1. The molecule has 16 nitrogen and oxygen atoms in total. The summed E-state index contributed by atoms with van der Waals surface area (Å²) in [5.41, 5.74) is -1.45. The molecule has 3 N–H and O–H groups in total. The van der Waals surface area contributed by atoms with Crippen molar-refractivity contribution in [1.29, 1.82) is 0 Å². The number of likely N-dealkylation sites (tertiary alicyclic amines) is 1. The number of anilines is 2. The molecule has 23 heteroatoms. The van der Waals surface area contributed by atoms with Crippen molar-refractivity contribution in [1.82, 2.24) is 19.8 Å². The molecular formula is C64H76ClF3N6O10S3. The summed E-state index contributed by atoms with van der Waals surface area (Å²) < 4.78 is 118. The number of sulfonamides is 1. The second-order valence-corrected chi connectivity index (χ2v) is 28.8. The van der Waals surface area contributed by atoms with Crippen LogP contribution in [0.4, 0.5) is 24.5 Å². The van der Waals surface area contributed by atoms with Crippen LogP contribution in [-0.2, 0) is 45.5 Å². The number of amides is 2. The van der Waals surface area contributed by atoms with E-state index >= 15 is 0 Å². The van der Waals surface area contributed by atoms with Crippen LogP contribution >= 0.6 is 23.4 Å². The van der Waals surface area contributed by atoms with E-state index in [0.717, 1.165) is 67.2 Å². The number of allylic oxidation sites excluding steroid dienone is 1. The Kier molecular flexibility index (Phi) is 21.4. The zero-order valence-corrected chi connectivity index (χ0v) is 52.4. The average Bonchev–Trinajstić information content (AvgIpc) is 0.947. The molecule has 0 radical (unpaired) electrons. The molecule has 2 saturated heterocycles. The normalized spacial score (nSPS) is 18.4. The molecule has 2 fully saturated rings. The fourth-order valence-corrected chi connectivity index (χ4v) is 15.0. The van der Waals surface area contributed by atoms with Crippen molar-refractivity contribution in [3.8, 4) is 5.75 Å². The third-order valence-electron chi connectivity index (χ3n) is 16.8. The Morgan fingerprint density at radius 2 is 1.57 bits per heavy atom. The fourth-order valence-electron chi connectivity index (χ4n) is 11.9.